The summed E-state index contributed by atoms with van der Waals surface area (Å²) >= 11 is 3.38. The van der Waals surface area contributed by atoms with E-state index < -0.39 is 5.82 Å². The van der Waals surface area contributed by atoms with Crippen LogP contribution >= 0.6 is 15.9 Å². The molecule has 110 valence electrons. The second-order valence-electron chi connectivity index (χ2n) is 4.76. The van der Waals surface area contributed by atoms with Crippen LogP contribution in [0, 0.1) is 12.7 Å². The zero-order valence-corrected chi connectivity index (χ0v) is 13.5. The summed E-state index contributed by atoms with van der Waals surface area (Å²) in [5.41, 5.74) is 0.974. The van der Waals surface area contributed by atoms with Gasteiger partial charge in [0.05, 0.1) is 16.6 Å². The van der Waals surface area contributed by atoms with Crippen molar-refractivity contribution < 1.29 is 13.9 Å². The van der Waals surface area contributed by atoms with Gasteiger partial charge in [0.25, 0.3) is 0 Å². The van der Waals surface area contributed by atoms with Crippen molar-refractivity contribution in [3.8, 4) is 5.75 Å². The van der Waals surface area contributed by atoms with E-state index in [2.05, 4.69) is 15.9 Å². The van der Waals surface area contributed by atoms with Crippen LogP contribution in [0.3, 0.4) is 0 Å². The van der Waals surface area contributed by atoms with Crippen LogP contribution in [-0.4, -0.2) is 12.4 Å². The SMILES string of the molecule is CCCOc1ccc(C(=O)c2cccc(C)c2F)cc1Br. The molecule has 0 amide bonds. The summed E-state index contributed by atoms with van der Waals surface area (Å²) in [4.78, 5) is 12.4. The molecule has 2 aromatic rings. The highest BCUT2D eigenvalue weighted by Gasteiger charge is 2.16. The molecule has 21 heavy (non-hydrogen) atoms. The molecule has 0 spiro atoms. The fourth-order valence-electron chi connectivity index (χ4n) is 1.95. The average Bonchev–Trinajstić information content (AvgIpc) is 2.48. The maximum atomic E-state index is 14.0. The molecule has 0 atom stereocenters. The molecule has 4 heteroatoms. The van der Waals surface area contributed by atoms with Crippen molar-refractivity contribution in [2.75, 3.05) is 6.61 Å². The Kier molecular flexibility index (Phi) is 5.12. The number of aryl methyl sites for hydroxylation is 1. The van der Waals surface area contributed by atoms with Gasteiger partial charge in [-0.15, -0.1) is 0 Å². The molecular weight excluding hydrogens is 335 g/mol. The molecule has 0 aliphatic carbocycles. The van der Waals surface area contributed by atoms with Crippen LogP contribution < -0.4 is 4.74 Å². The van der Waals surface area contributed by atoms with Crippen molar-refractivity contribution in [2.24, 2.45) is 0 Å². The Hall–Kier alpha value is -1.68. The van der Waals surface area contributed by atoms with Crippen LogP contribution in [0.15, 0.2) is 40.9 Å². The minimum absolute atomic E-state index is 0.0872. The van der Waals surface area contributed by atoms with E-state index in [9.17, 15) is 9.18 Å². The van der Waals surface area contributed by atoms with Gasteiger partial charge >= 0.3 is 0 Å². The summed E-state index contributed by atoms with van der Waals surface area (Å²) in [7, 11) is 0. The van der Waals surface area contributed by atoms with Crippen LogP contribution in [0.1, 0.15) is 34.8 Å². The number of halogens is 2. The number of benzene rings is 2. The Morgan fingerprint density at radius 2 is 2.05 bits per heavy atom. The second-order valence-corrected chi connectivity index (χ2v) is 5.61. The van der Waals surface area contributed by atoms with Crippen LogP contribution in [0.2, 0.25) is 0 Å². The van der Waals surface area contributed by atoms with Crippen LogP contribution in [-0.2, 0) is 0 Å². The van der Waals surface area contributed by atoms with Gasteiger partial charge in [-0.25, -0.2) is 4.39 Å². The van der Waals surface area contributed by atoms with E-state index in [1.165, 1.54) is 6.07 Å². The summed E-state index contributed by atoms with van der Waals surface area (Å²) < 4.78 is 20.3. The van der Waals surface area contributed by atoms with Gasteiger partial charge in [-0.3, -0.25) is 4.79 Å². The van der Waals surface area contributed by atoms with Gasteiger partial charge in [0.1, 0.15) is 11.6 Å². The summed E-state index contributed by atoms with van der Waals surface area (Å²) in [6, 6.07) is 9.86. The molecule has 2 rings (SSSR count). The third kappa shape index (κ3) is 3.50. The van der Waals surface area contributed by atoms with E-state index in [1.54, 1.807) is 37.3 Å². The number of carbonyl (C=O) groups excluding carboxylic acids is 1. The quantitative estimate of drug-likeness (QED) is 0.715. The lowest BCUT2D eigenvalue weighted by Crippen LogP contribution is -2.06. The van der Waals surface area contributed by atoms with Crippen molar-refractivity contribution in [1.29, 1.82) is 0 Å². The number of hydrogen-bond donors (Lipinski definition) is 0. The molecule has 2 aromatic carbocycles. The summed E-state index contributed by atoms with van der Waals surface area (Å²) in [5, 5.41) is 0. The molecule has 0 aromatic heterocycles. The van der Waals surface area contributed by atoms with Crippen molar-refractivity contribution >= 4 is 21.7 Å². The molecule has 0 aliphatic rings. The topological polar surface area (TPSA) is 26.3 Å². The van der Waals surface area contributed by atoms with E-state index in [1.807, 2.05) is 6.92 Å². The second kappa shape index (κ2) is 6.85. The zero-order chi connectivity index (χ0) is 15.4. The number of rotatable bonds is 5. The third-order valence-corrected chi connectivity index (χ3v) is 3.71. The monoisotopic (exact) mass is 350 g/mol. The van der Waals surface area contributed by atoms with Crippen LogP contribution in [0.25, 0.3) is 0 Å². The van der Waals surface area contributed by atoms with Gasteiger partial charge in [-0.2, -0.15) is 0 Å². The summed E-state index contributed by atoms with van der Waals surface area (Å²) in [5.74, 6) is -0.123. The molecule has 0 saturated carbocycles. The Balaban J connectivity index is 2.32. The zero-order valence-electron chi connectivity index (χ0n) is 12.0. The van der Waals surface area contributed by atoms with Crippen molar-refractivity contribution in [3.63, 3.8) is 0 Å². The molecule has 0 unspecified atom stereocenters. The van der Waals surface area contributed by atoms with Gasteiger partial charge in [-0.05, 0) is 59.1 Å². The van der Waals surface area contributed by atoms with Crippen molar-refractivity contribution in [3.05, 3.63) is 63.4 Å². The number of hydrogen-bond acceptors (Lipinski definition) is 2. The van der Waals surface area contributed by atoms with Gasteiger partial charge < -0.3 is 4.74 Å². The first-order valence-electron chi connectivity index (χ1n) is 6.76. The molecule has 0 saturated heterocycles. The lowest BCUT2D eigenvalue weighted by molar-refractivity contribution is 0.103. The predicted molar refractivity (Wildman–Crippen MR) is 84.5 cm³/mol. The Labute approximate surface area is 132 Å². The largest absolute Gasteiger partial charge is 0.492 e. The molecule has 0 fully saturated rings. The standard InChI is InChI=1S/C17H16BrFO2/c1-3-9-21-15-8-7-12(10-14(15)18)17(20)13-6-4-5-11(2)16(13)19/h4-8,10H,3,9H2,1-2H3. The minimum Gasteiger partial charge on any atom is -0.492 e. The lowest BCUT2D eigenvalue weighted by Gasteiger charge is -2.09. The third-order valence-electron chi connectivity index (χ3n) is 3.09. The first-order valence-corrected chi connectivity index (χ1v) is 7.56. The van der Waals surface area contributed by atoms with Crippen LogP contribution in [0.5, 0.6) is 5.75 Å². The maximum Gasteiger partial charge on any atom is 0.196 e. The minimum atomic E-state index is -0.468. The summed E-state index contributed by atoms with van der Waals surface area (Å²) in [6.07, 6.45) is 0.904. The van der Waals surface area contributed by atoms with Crippen molar-refractivity contribution in [1.82, 2.24) is 0 Å². The van der Waals surface area contributed by atoms with Crippen LogP contribution in [0.4, 0.5) is 4.39 Å². The molecule has 0 radical (unpaired) electrons. The predicted octanol–water partition coefficient (Wildman–Crippen LogP) is 4.92. The van der Waals surface area contributed by atoms with E-state index in [0.29, 0.717) is 28.0 Å². The number of ether oxygens (including phenoxy) is 1. The highest BCUT2D eigenvalue weighted by atomic mass is 79.9. The summed E-state index contributed by atoms with van der Waals surface area (Å²) in [6.45, 7) is 4.27. The molecule has 0 N–H and O–H groups in total. The van der Waals surface area contributed by atoms with E-state index in [-0.39, 0.29) is 11.3 Å². The smallest absolute Gasteiger partial charge is 0.196 e. The molecule has 0 aliphatic heterocycles. The first-order chi connectivity index (χ1) is 10.0. The fraction of sp³-hybridized carbons (Fsp3) is 0.235. The van der Waals surface area contributed by atoms with Gasteiger partial charge in [-0.1, -0.05) is 19.1 Å². The average molecular weight is 351 g/mol. The maximum absolute atomic E-state index is 14.0. The van der Waals surface area contributed by atoms with Gasteiger partial charge in [0.2, 0.25) is 0 Å². The van der Waals surface area contributed by atoms with Gasteiger partial charge in [0, 0.05) is 5.56 Å². The highest BCUT2D eigenvalue weighted by molar-refractivity contribution is 9.10. The lowest BCUT2D eigenvalue weighted by atomic mass is 10.0. The fourth-order valence-corrected chi connectivity index (χ4v) is 2.44. The Bertz CT molecular complexity index is 668. The molecule has 0 bridgehead atoms. The molecule has 2 nitrogen and oxygen atoms in total. The van der Waals surface area contributed by atoms with E-state index >= 15 is 0 Å². The highest BCUT2D eigenvalue weighted by Crippen LogP contribution is 2.27. The van der Waals surface area contributed by atoms with E-state index in [0.717, 1.165) is 6.42 Å². The Morgan fingerprint density at radius 3 is 2.71 bits per heavy atom. The first kappa shape index (κ1) is 15.7. The van der Waals surface area contributed by atoms with Crippen molar-refractivity contribution in [2.45, 2.75) is 20.3 Å². The molecule has 0 heterocycles. The van der Waals surface area contributed by atoms with E-state index in [4.69, 9.17) is 4.74 Å². The number of ketones is 1. The molecular formula is C17H16BrFO2. The normalized spacial score (nSPS) is 10.5. The van der Waals surface area contributed by atoms with Gasteiger partial charge in [0.15, 0.2) is 5.78 Å². The Morgan fingerprint density at radius 1 is 1.29 bits per heavy atom. The number of carbonyl (C=O) groups is 1.